The number of benzene rings is 3. The number of Topliss-reactive ketones (excluding diaryl/α,β-unsaturated/α-hetero) is 1. The van der Waals surface area contributed by atoms with Gasteiger partial charge in [-0.1, -0.05) is 66.7 Å². The molecule has 1 unspecified atom stereocenters. The smallest absolute Gasteiger partial charge is 0.238 e. The third kappa shape index (κ3) is 2.94. The topological polar surface area (TPSA) is 91.8 Å². The van der Waals surface area contributed by atoms with Crippen molar-refractivity contribution in [1.29, 1.82) is 0 Å². The molecule has 35 heavy (non-hydrogen) atoms. The number of nitrogens with zero attached hydrogens (tertiary/aromatic N) is 2. The van der Waals surface area contributed by atoms with Crippen molar-refractivity contribution in [2.24, 2.45) is 29.6 Å². The molecule has 4 amide bonds. The molecule has 0 bridgehead atoms. The van der Waals surface area contributed by atoms with E-state index in [9.17, 15) is 24.0 Å². The minimum atomic E-state index is -1.11. The summed E-state index contributed by atoms with van der Waals surface area (Å²) in [5.41, 5.74) is 1.11. The number of imide groups is 2. The summed E-state index contributed by atoms with van der Waals surface area (Å²) in [6.45, 7) is 0. The number of para-hydroxylation sites is 2. The first-order valence-electron chi connectivity index (χ1n) is 11.5. The van der Waals surface area contributed by atoms with Crippen molar-refractivity contribution >= 4 is 40.8 Å². The third-order valence-corrected chi connectivity index (χ3v) is 7.35. The Kier molecular flexibility index (Phi) is 4.74. The van der Waals surface area contributed by atoms with Crippen LogP contribution in [0.4, 0.5) is 11.4 Å². The van der Waals surface area contributed by atoms with Gasteiger partial charge in [0.05, 0.1) is 35.0 Å². The second kappa shape index (κ2) is 7.84. The van der Waals surface area contributed by atoms with Crippen molar-refractivity contribution in [2.45, 2.75) is 0 Å². The Morgan fingerprint density at radius 1 is 0.486 bits per heavy atom. The van der Waals surface area contributed by atoms with E-state index >= 15 is 0 Å². The SMILES string of the molecule is O=C(c1ccccc1)C1[C@@H]2C(=O)N(c3ccccc3)C(=O)[C@@H]2[C@@H]2C(=O)N(c3ccccc3)C(=O)[C@@H]12. The monoisotopic (exact) mass is 464 g/mol. The third-order valence-electron chi connectivity index (χ3n) is 7.35. The second-order valence-electron chi connectivity index (χ2n) is 9.05. The lowest BCUT2D eigenvalue weighted by molar-refractivity contribution is -0.129. The largest absolute Gasteiger partial charge is 0.294 e. The molecule has 0 aromatic heterocycles. The van der Waals surface area contributed by atoms with E-state index in [2.05, 4.69) is 0 Å². The van der Waals surface area contributed by atoms with E-state index in [1.807, 2.05) is 0 Å². The summed E-state index contributed by atoms with van der Waals surface area (Å²) in [5, 5.41) is 0. The quantitative estimate of drug-likeness (QED) is 0.437. The van der Waals surface area contributed by atoms with Gasteiger partial charge in [-0.25, -0.2) is 0 Å². The first-order valence-corrected chi connectivity index (χ1v) is 11.5. The Hall–Kier alpha value is -4.39. The number of hydrogen-bond acceptors (Lipinski definition) is 5. The molecule has 3 aromatic carbocycles. The Bertz CT molecular complexity index is 1290. The van der Waals surface area contributed by atoms with Crippen molar-refractivity contribution < 1.29 is 24.0 Å². The average Bonchev–Trinajstić information content (AvgIpc) is 3.46. The molecule has 5 atom stereocenters. The number of anilines is 2. The van der Waals surface area contributed by atoms with Crippen molar-refractivity contribution in [3.8, 4) is 0 Å². The first kappa shape index (κ1) is 21.2. The highest BCUT2D eigenvalue weighted by Gasteiger charge is 2.72. The summed E-state index contributed by atoms with van der Waals surface area (Å²) in [6, 6.07) is 25.3. The van der Waals surface area contributed by atoms with E-state index in [-0.39, 0.29) is 0 Å². The van der Waals surface area contributed by atoms with Gasteiger partial charge in [0, 0.05) is 11.5 Å². The van der Waals surface area contributed by atoms with Gasteiger partial charge in [0.25, 0.3) is 0 Å². The summed E-state index contributed by atoms with van der Waals surface area (Å²) in [7, 11) is 0. The minimum absolute atomic E-state index is 0.341. The van der Waals surface area contributed by atoms with Crippen molar-refractivity contribution in [3.63, 3.8) is 0 Å². The van der Waals surface area contributed by atoms with Gasteiger partial charge in [0.1, 0.15) is 0 Å². The van der Waals surface area contributed by atoms with Gasteiger partial charge in [-0.05, 0) is 24.3 Å². The summed E-state index contributed by atoms with van der Waals surface area (Å²) < 4.78 is 0. The fourth-order valence-electron chi connectivity index (χ4n) is 5.94. The highest BCUT2D eigenvalue weighted by Crippen LogP contribution is 2.56. The lowest BCUT2D eigenvalue weighted by Crippen LogP contribution is -2.40. The first-order chi connectivity index (χ1) is 17.0. The zero-order valence-electron chi connectivity index (χ0n) is 18.5. The lowest BCUT2D eigenvalue weighted by Gasteiger charge is -2.23. The minimum Gasteiger partial charge on any atom is -0.294 e. The normalized spacial score (nSPS) is 25.8. The van der Waals surface area contributed by atoms with E-state index in [4.69, 9.17) is 0 Å². The molecule has 2 aliphatic heterocycles. The van der Waals surface area contributed by atoms with Crippen LogP contribution < -0.4 is 9.80 Å². The number of fused-ring (bicyclic) bond motifs is 3. The van der Waals surface area contributed by atoms with E-state index in [0.717, 1.165) is 9.80 Å². The van der Waals surface area contributed by atoms with Crippen molar-refractivity contribution in [3.05, 3.63) is 96.6 Å². The molecule has 1 saturated carbocycles. The summed E-state index contributed by atoms with van der Waals surface area (Å²) >= 11 is 0. The molecular weight excluding hydrogens is 444 g/mol. The highest BCUT2D eigenvalue weighted by molar-refractivity contribution is 6.30. The number of carbonyl (C=O) groups excluding carboxylic acids is 5. The van der Waals surface area contributed by atoms with Crippen LogP contribution in [0.5, 0.6) is 0 Å². The van der Waals surface area contributed by atoms with Crippen LogP contribution in [-0.2, 0) is 19.2 Å². The number of hydrogen-bond donors (Lipinski definition) is 0. The van der Waals surface area contributed by atoms with Crippen LogP contribution in [0.1, 0.15) is 10.4 Å². The maximum Gasteiger partial charge on any atom is 0.238 e. The number of amides is 4. The second-order valence-corrected chi connectivity index (χ2v) is 9.05. The van der Waals surface area contributed by atoms with E-state index < -0.39 is 59.0 Å². The van der Waals surface area contributed by atoms with Gasteiger partial charge in [-0.15, -0.1) is 0 Å². The molecule has 3 aliphatic rings. The molecule has 1 aliphatic carbocycles. The van der Waals surface area contributed by atoms with Crippen LogP contribution in [0.2, 0.25) is 0 Å². The molecular formula is C28H20N2O5. The van der Waals surface area contributed by atoms with Gasteiger partial charge in [0.2, 0.25) is 23.6 Å². The standard InChI is InChI=1S/C28H20N2O5/c31-24(16-10-4-1-5-11-16)19-20-22(27(34)29(25(20)32)17-12-6-2-7-13-17)23-21(19)26(33)30(28(23)35)18-14-8-3-9-15-18/h1-15,19-23H/t19?,20-,21-,22-,23+/m0/s1. The van der Waals surface area contributed by atoms with Crippen LogP contribution in [0, 0.1) is 29.6 Å². The lowest BCUT2D eigenvalue weighted by atomic mass is 9.81. The van der Waals surface area contributed by atoms with Crippen LogP contribution in [0.3, 0.4) is 0 Å². The molecule has 0 N–H and O–H groups in total. The zero-order valence-corrected chi connectivity index (χ0v) is 18.5. The molecule has 172 valence electrons. The number of ketones is 1. The molecule has 3 fully saturated rings. The Balaban J connectivity index is 1.49. The van der Waals surface area contributed by atoms with Gasteiger partial charge in [-0.2, -0.15) is 0 Å². The fraction of sp³-hybridized carbons (Fsp3) is 0.179. The maximum atomic E-state index is 13.8. The summed E-state index contributed by atoms with van der Waals surface area (Å²) in [4.78, 5) is 70.5. The Labute approximate surface area is 201 Å². The van der Waals surface area contributed by atoms with Gasteiger partial charge in [0.15, 0.2) is 5.78 Å². The van der Waals surface area contributed by atoms with E-state index in [1.54, 1.807) is 91.0 Å². The van der Waals surface area contributed by atoms with Gasteiger partial charge in [-0.3, -0.25) is 33.8 Å². The molecule has 7 nitrogen and oxygen atoms in total. The van der Waals surface area contributed by atoms with E-state index in [1.165, 1.54) is 0 Å². The Morgan fingerprint density at radius 2 is 0.829 bits per heavy atom. The molecule has 2 saturated heterocycles. The maximum absolute atomic E-state index is 13.8. The predicted molar refractivity (Wildman–Crippen MR) is 126 cm³/mol. The Morgan fingerprint density at radius 3 is 1.23 bits per heavy atom. The molecule has 2 heterocycles. The van der Waals surface area contributed by atoms with Gasteiger partial charge >= 0.3 is 0 Å². The molecule has 0 radical (unpaired) electrons. The highest BCUT2D eigenvalue weighted by atomic mass is 16.2. The van der Waals surface area contributed by atoms with Crippen molar-refractivity contribution in [1.82, 2.24) is 0 Å². The average molecular weight is 464 g/mol. The molecule has 0 spiro atoms. The predicted octanol–water partition coefficient (Wildman–Crippen LogP) is 3.11. The van der Waals surface area contributed by atoms with Crippen LogP contribution >= 0.6 is 0 Å². The molecule has 7 heteroatoms. The van der Waals surface area contributed by atoms with Crippen LogP contribution in [-0.4, -0.2) is 29.4 Å². The zero-order chi connectivity index (χ0) is 24.3. The number of rotatable bonds is 4. The fourth-order valence-corrected chi connectivity index (χ4v) is 5.94. The van der Waals surface area contributed by atoms with Gasteiger partial charge < -0.3 is 0 Å². The summed E-state index contributed by atoms with van der Waals surface area (Å²) in [6.07, 6.45) is 0. The number of carbonyl (C=O) groups is 5. The van der Waals surface area contributed by atoms with Crippen molar-refractivity contribution in [2.75, 3.05) is 9.80 Å². The van der Waals surface area contributed by atoms with Crippen LogP contribution in [0.25, 0.3) is 0 Å². The van der Waals surface area contributed by atoms with Crippen LogP contribution in [0.15, 0.2) is 91.0 Å². The molecule has 3 aromatic rings. The summed E-state index contributed by atoms with van der Waals surface area (Å²) in [5.74, 6) is -7.97. The molecule has 6 rings (SSSR count). The van der Waals surface area contributed by atoms with E-state index in [0.29, 0.717) is 16.9 Å².